The van der Waals surface area contributed by atoms with E-state index < -0.39 is 0 Å². The van der Waals surface area contributed by atoms with Crippen LogP contribution in [0.3, 0.4) is 0 Å². The minimum Gasteiger partial charge on any atom is -0.551 e. The number of hydrogen-bond acceptors (Lipinski definition) is 2. The minimum atomic E-state index is -0.272. The van der Waals surface area contributed by atoms with E-state index in [0.29, 0.717) is 0 Å². The average molecular weight is 664 g/mol. The van der Waals surface area contributed by atoms with E-state index >= 15 is 0 Å². The van der Waals surface area contributed by atoms with Gasteiger partial charge in [0.05, 0.1) is 11.0 Å². The van der Waals surface area contributed by atoms with E-state index in [1.807, 2.05) is 0 Å². The van der Waals surface area contributed by atoms with E-state index in [1.165, 1.54) is 38.5 Å². The first-order valence-corrected chi connectivity index (χ1v) is 17.8. The van der Waals surface area contributed by atoms with E-state index in [0.717, 1.165) is 61.7 Å². The van der Waals surface area contributed by atoms with Crippen LogP contribution < -0.4 is 20.3 Å². The predicted octanol–water partition coefficient (Wildman–Crippen LogP) is 11.1. The van der Waals surface area contributed by atoms with Gasteiger partial charge in [-0.15, -0.1) is 0 Å². The van der Waals surface area contributed by atoms with Crippen LogP contribution >= 0.6 is 0 Å². The summed E-state index contributed by atoms with van der Waals surface area (Å²) in [5.41, 5.74) is 14.9. The predicted molar refractivity (Wildman–Crippen MR) is 215 cm³/mol. The molecule has 242 valence electrons. The van der Waals surface area contributed by atoms with Gasteiger partial charge in [-0.05, 0) is 93.5 Å². The molecule has 0 N–H and O–H groups in total. The molecule has 9 aromatic rings. The van der Waals surface area contributed by atoms with Gasteiger partial charge in [-0.2, -0.15) is 0 Å². The lowest BCUT2D eigenvalue weighted by Crippen LogP contribution is -2.53. The third-order valence-corrected chi connectivity index (χ3v) is 10.7. The van der Waals surface area contributed by atoms with Crippen molar-refractivity contribution in [3.8, 4) is 67.4 Å². The monoisotopic (exact) mass is 663 g/mol. The number of ether oxygens (including phenoxy) is 1. The van der Waals surface area contributed by atoms with Crippen LogP contribution in [0.25, 0.3) is 72.0 Å². The molecule has 8 aromatic carbocycles. The summed E-state index contributed by atoms with van der Waals surface area (Å²) < 4.78 is 15.8. The number of nitrogens with zero attached hydrogens (tertiary/aromatic N) is 1. The molecule has 0 amide bonds. The Bertz CT molecular complexity index is 2800. The van der Waals surface area contributed by atoms with Crippen molar-refractivity contribution in [2.75, 3.05) is 0 Å². The zero-order valence-corrected chi connectivity index (χ0v) is 28.2. The summed E-state index contributed by atoms with van der Waals surface area (Å²) in [6.07, 6.45) is 0. The van der Waals surface area contributed by atoms with Crippen LogP contribution in [0.1, 0.15) is 0 Å². The maximum Gasteiger partial charge on any atom is 0.434 e. The zero-order chi connectivity index (χ0) is 34.2. The highest BCUT2D eigenvalue weighted by Gasteiger charge is 2.40. The van der Waals surface area contributed by atoms with Crippen molar-refractivity contribution in [2.45, 2.75) is 0 Å². The van der Waals surface area contributed by atoms with E-state index in [1.54, 1.807) is 0 Å². The highest BCUT2D eigenvalue weighted by atomic mass is 16.5. The van der Waals surface area contributed by atoms with Crippen molar-refractivity contribution < 1.29 is 9.39 Å². The molecule has 0 saturated heterocycles. The first-order valence-electron chi connectivity index (χ1n) is 17.8. The van der Waals surface area contributed by atoms with Crippen molar-refractivity contribution in [3.05, 3.63) is 182 Å². The number of rotatable bonds is 4. The van der Waals surface area contributed by atoms with Gasteiger partial charge in [0.2, 0.25) is 0 Å². The van der Waals surface area contributed by atoms with Crippen LogP contribution in [-0.2, 0) is 0 Å². The lowest BCUT2D eigenvalue weighted by molar-refractivity contribution is 0.479. The summed E-state index contributed by atoms with van der Waals surface area (Å²) in [6.45, 7) is -0.272. The van der Waals surface area contributed by atoms with Crippen molar-refractivity contribution >= 4 is 39.6 Å². The van der Waals surface area contributed by atoms with Gasteiger partial charge in [0.1, 0.15) is 17.2 Å². The summed E-state index contributed by atoms with van der Waals surface area (Å²) in [5.74, 6) is 2.56. The fraction of sp³-hybridized carbons (Fsp3) is 0. The Morgan fingerprint density at radius 1 is 0.385 bits per heavy atom. The van der Waals surface area contributed by atoms with E-state index in [-0.39, 0.29) is 6.92 Å². The maximum atomic E-state index is 6.91. The molecule has 3 nitrogen and oxygen atoms in total. The van der Waals surface area contributed by atoms with Crippen LogP contribution in [0.2, 0.25) is 0 Å². The van der Waals surface area contributed by atoms with Gasteiger partial charge < -0.3 is 14.0 Å². The van der Waals surface area contributed by atoms with Gasteiger partial charge in [-0.3, -0.25) is 0 Å². The maximum absolute atomic E-state index is 6.91. The number of aromatic nitrogens is 1. The first kappa shape index (κ1) is 29.0. The molecule has 3 heterocycles. The molecule has 4 heteroatoms. The largest absolute Gasteiger partial charge is 0.551 e. The van der Waals surface area contributed by atoms with Crippen molar-refractivity contribution in [2.24, 2.45) is 0 Å². The van der Waals surface area contributed by atoms with Crippen molar-refractivity contribution in [1.29, 1.82) is 0 Å². The molecule has 1 aromatic heterocycles. The minimum absolute atomic E-state index is 0.272. The molecule has 0 unspecified atom stereocenters. The van der Waals surface area contributed by atoms with Crippen LogP contribution in [-0.4, -0.2) is 11.5 Å². The fourth-order valence-corrected chi connectivity index (χ4v) is 8.22. The SMILES string of the molecule is c1ccc(-c2cccc(-c3ccc4c(c3)-c3cccc5c3B(O4)c3cc(-c4ccc(-n6c7ccccc7c7ccccc76)cc4)ccc3O5)c2)cc1. The normalized spacial score (nSPS) is 12.5. The second-order valence-corrected chi connectivity index (χ2v) is 13.6. The Morgan fingerprint density at radius 3 is 1.73 bits per heavy atom. The second kappa shape index (κ2) is 11.4. The molecule has 0 radical (unpaired) electrons. The lowest BCUT2D eigenvalue weighted by atomic mass is 9.50. The van der Waals surface area contributed by atoms with Crippen LogP contribution in [0.5, 0.6) is 17.2 Å². The smallest absolute Gasteiger partial charge is 0.434 e. The number of para-hydroxylation sites is 2. The quantitative estimate of drug-likeness (QED) is 0.175. The lowest BCUT2D eigenvalue weighted by Gasteiger charge is -2.33. The molecule has 2 aliphatic heterocycles. The highest BCUT2D eigenvalue weighted by Crippen LogP contribution is 2.42. The molecule has 0 saturated carbocycles. The number of hydrogen-bond donors (Lipinski definition) is 0. The molecule has 0 aliphatic carbocycles. The van der Waals surface area contributed by atoms with Gasteiger partial charge in [-0.1, -0.05) is 127 Å². The van der Waals surface area contributed by atoms with Crippen molar-refractivity contribution in [3.63, 3.8) is 0 Å². The van der Waals surface area contributed by atoms with E-state index in [4.69, 9.17) is 9.39 Å². The molecule has 0 spiro atoms. The summed E-state index contributed by atoms with van der Waals surface area (Å²) in [6, 6.07) is 64.8. The zero-order valence-electron chi connectivity index (χ0n) is 28.2. The molecular weight excluding hydrogens is 633 g/mol. The fourth-order valence-electron chi connectivity index (χ4n) is 8.22. The summed E-state index contributed by atoms with van der Waals surface area (Å²) in [4.78, 5) is 0. The topological polar surface area (TPSA) is 23.4 Å². The Kier molecular flexibility index (Phi) is 6.35. The molecule has 52 heavy (non-hydrogen) atoms. The van der Waals surface area contributed by atoms with Crippen LogP contribution in [0.4, 0.5) is 0 Å². The van der Waals surface area contributed by atoms with Crippen LogP contribution in [0.15, 0.2) is 182 Å². The third-order valence-electron chi connectivity index (χ3n) is 10.7. The van der Waals surface area contributed by atoms with Gasteiger partial charge in [0, 0.05) is 32.9 Å². The van der Waals surface area contributed by atoms with Gasteiger partial charge in [-0.25, -0.2) is 0 Å². The molecule has 0 bridgehead atoms. The standard InChI is InChI=1S/C48H30BNO2/c1-2-10-31(11-3-1)33-12-8-13-34(28-33)35-22-26-45-41(29-35)40-16-9-19-47-48(40)49(52-45)42-30-36(23-27-46(42)51-47)32-20-24-37(25-21-32)50-43-17-6-4-14-38(43)39-15-5-7-18-44(39)50/h1-30H. The van der Waals surface area contributed by atoms with Gasteiger partial charge in [0.25, 0.3) is 0 Å². The average Bonchev–Trinajstić information content (AvgIpc) is 3.55. The second-order valence-electron chi connectivity index (χ2n) is 13.6. The van der Waals surface area contributed by atoms with E-state index in [9.17, 15) is 0 Å². The highest BCUT2D eigenvalue weighted by molar-refractivity contribution is 6.84. The number of fused-ring (bicyclic) bond motifs is 7. The Labute approximate surface area is 302 Å². The first-order chi connectivity index (χ1) is 25.8. The Hall–Kier alpha value is -6.78. The summed E-state index contributed by atoms with van der Waals surface area (Å²) >= 11 is 0. The molecule has 2 aliphatic rings. The molecular formula is C48H30BNO2. The van der Waals surface area contributed by atoms with Gasteiger partial charge in [0.15, 0.2) is 0 Å². The van der Waals surface area contributed by atoms with E-state index in [2.05, 4.69) is 187 Å². The molecule has 0 atom stereocenters. The molecule has 11 rings (SSSR count). The summed E-state index contributed by atoms with van der Waals surface area (Å²) in [5, 5.41) is 2.53. The molecule has 0 fully saturated rings. The summed E-state index contributed by atoms with van der Waals surface area (Å²) in [7, 11) is 0. The number of benzene rings is 8. The third kappa shape index (κ3) is 4.48. The van der Waals surface area contributed by atoms with Gasteiger partial charge >= 0.3 is 6.92 Å². The van der Waals surface area contributed by atoms with Crippen LogP contribution in [0, 0.1) is 0 Å². The van der Waals surface area contributed by atoms with Crippen molar-refractivity contribution in [1.82, 2.24) is 4.57 Å². The Balaban J connectivity index is 0.953. The Morgan fingerprint density at radius 2 is 0.962 bits per heavy atom.